The van der Waals surface area contributed by atoms with Gasteiger partial charge in [-0.1, -0.05) is 12.1 Å². The molecule has 7 N–H and O–H groups in total. The highest BCUT2D eigenvalue weighted by atomic mass is 16.5. The summed E-state index contributed by atoms with van der Waals surface area (Å²) in [6.07, 6.45) is 3.27. The van der Waals surface area contributed by atoms with Crippen LogP contribution >= 0.6 is 0 Å². The number of aryl methyl sites for hydroxylation is 2. The Morgan fingerprint density at radius 3 is 2.63 bits per heavy atom. The predicted octanol–water partition coefficient (Wildman–Crippen LogP) is 1.15. The van der Waals surface area contributed by atoms with Gasteiger partial charge in [0.1, 0.15) is 29.7 Å². The van der Waals surface area contributed by atoms with Gasteiger partial charge in [-0.25, -0.2) is 9.97 Å². The molecule has 49 heavy (non-hydrogen) atoms. The van der Waals surface area contributed by atoms with Gasteiger partial charge in [0.25, 0.3) is 11.8 Å². The highest BCUT2D eigenvalue weighted by Crippen LogP contribution is 2.25. The first kappa shape index (κ1) is 34.5. The molecule has 2 aromatic heterocycles. The van der Waals surface area contributed by atoms with Crippen molar-refractivity contribution in [2.45, 2.75) is 51.7 Å². The quantitative estimate of drug-likeness (QED) is 0.165. The molecule has 0 aliphatic carbocycles. The second-order valence-corrected chi connectivity index (χ2v) is 11.6. The number of anilines is 1. The van der Waals surface area contributed by atoms with Gasteiger partial charge in [-0.3, -0.25) is 24.0 Å². The molecule has 0 bridgehead atoms. The summed E-state index contributed by atoms with van der Waals surface area (Å²) in [6, 6.07) is 9.39. The van der Waals surface area contributed by atoms with Crippen LogP contribution in [0.4, 0.5) is 5.69 Å². The van der Waals surface area contributed by atoms with E-state index in [0.717, 1.165) is 5.56 Å². The third-order valence-corrected chi connectivity index (χ3v) is 7.91. The summed E-state index contributed by atoms with van der Waals surface area (Å²) in [5.41, 5.74) is 7.08. The van der Waals surface area contributed by atoms with Gasteiger partial charge in [-0.05, 0) is 69.1 Å². The number of phenols is 1. The van der Waals surface area contributed by atoms with Crippen molar-refractivity contribution in [3.05, 3.63) is 87.5 Å². The minimum Gasteiger partial charge on any atom is -0.508 e. The molecule has 15 heteroatoms. The Morgan fingerprint density at radius 1 is 1.12 bits per heavy atom. The number of nitrogens with two attached hydrogens (primary N) is 1. The highest BCUT2D eigenvalue weighted by Gasteiger charge is 2.25. The van der Waals surface area contributed by atoms with Gasteiger partial charge in [-0.2, -0.15) is 0 Å². The number of pyridine rings is 1. The number of aromatic hydroxyl groups is 1. The van der Waals surface area contributed by atoms with E-state index in [4.69, 9.17) is 10.5 Å². The molecule has 0 saturated carbocycles. The normalized spacial score (nSPS) is 17.2. The first-order valence-corrected chi connectivity index (χ1v) is 15.9. The fourth-order valence-electron chi connectivity index (χ4n) is 5.39. The van der Waals surface area contributed by atoms with E-state index in [1.807, 2.05) is 6.92 Å². The highest BCUT2D eigenvalue weighted by molar-refractivity contribution is 6.06. The molecule has 1 aliphatic heterocycles. The van der Waals surface area contributed by atoms with Crippen LogP contribution in [-0.2, 0) is 22.6 Å². The summed E-state index contributed by atoms with van der Waals surface area (Å²) >= 11 is 0. The van der Waals surface area contributed by atoms with Crippen LogP contribution in [0.3, 0.4) is 0 Å². The SMILES string of the molecule is CCn1cc(C(=O)Nc2ccc3c(c2)C(=O)NCCC(=O)N[C@@H](CCN)C(=O)N[C@@H](Cc2ccc(O)cc2)CO3)c(=O)c2ncc(C)nc21. The number of carbonyl (C=O) groups excluding carboxylic acids is 4. The fourth-order valence-corrected chi connectivity index (χ4v) is 5.39. The number of ether oxygens (including phenoxy) is 1. The maximum absolute atomic E-state index is 13.4. The van der Waals surface area contributed by atoms with Crippen molar-refractivity contribution in [1.29, 1.82) is 0 Å². The standard InChI is InChI=1S/C34H38N8O7/c1-3-42-17-25(30(45)29-31(42)38-19(2)16-37-29)33(47)39-21-6-9-27-24(15-21)32(46)36-13-11-28(44)41-26(10-12-35)34(48)40-22(18-49-27)14-20-4-7-23(43)8-5-20/h4-9,15-17,22,26,43H,3,10-14,18,35H2,1-2H3,(H,36,46)(H,39,47)(H,40,48)(H,41,44)/t22-,26-/m0/s1. The monoisotopic (exact) mass is 670 g/mol. The molecular weight excluding hydrogens is 632 g/mol. The third kappa shape index (κ3) is 8.37. The van der Waals surface area contributed by atoms with Gasteiger partial charge in [-0.15, -0.1) is 0 Å². The summed E-state index contributed by atoms with van der Waals surface area (Å²) in [4.78, 5) is 74.6. The molecule has 15 nitrogen and oxygen atoms in total. The third-order valence-electron chi connectivity index (χ3n) is 7.91. The van der Waals surface area contributed by atoms with E-state index >= 15 is 0 Å². The van der Waals surface area contributed by atoms with Crippen LogP contribution in [0.25, 0.3) is 11.2 Å². The molecule has 0 unspecified atom stereocenters. The molecule has 3 heterocycles. The number of carbonyl (C=O) groups is 4. The first-order chi connectivity index (χ1) is 23.6. The minimum atomic E-state index is -0.892. The lowest BCUT2D eigenvalue weighted by molar-refractivity contribution is -0.129. The first-order valence-electron chi connectivity index (χ1n) is 15.9. The Labute approximate surface area is 281 Å². The van der Waals surface area contributed by atoms with E-state index in [-0.39, 0.29) is 66.4 Å². The molecule has 2 aromatic carbocycles. The largest absolute Gasteiger partial charge is 0.508 e. The van der Waals surface area contributed by atoms with Crippen molar-refractivity contribution >= 4 is 40.5 Å². The number of amides is 4. The van der Waals surface area contributed by atoms with E-state index < -0.39 is 41.1 Å². The van der Waals surface area contributed by atoms with Gasteiger partial charge in [0.2, 0.25) is 17.2 Å². The topological polar surface area (TPSA) is 220 Å². The number of benzene rings is 2. The Balaban J connectivity index is 1.44. The Bertz CT molecular complexity index is 1940. The number of hydrogen-bond donors (Lipinski definition) is 6. The summed E-state index contributed by atoms with van der Waals surface area (Å²) in [6.45, 7) is 4.08. The van der Waals surface area contributed by atoms with Gasteiger partial charge in [0.05, 0.1) is 17.3 Å². The average Bonchev–Trinajstić information content (AvgIpc) is 3.08. The average molecular weight is 671 g/mol. The lowest BCUT2D eigenvalue weighted by atomic mass is 10.0. The van der Waals surface area contributed by atoms with Crippen molar-refractivity contribution in [2.75, 3.05) is 25.0 Å². The maximum atomic E-state index is 13.4. The molecule has 0 spiro atoms. The van der Waals surface area contributed by atoms with Crippen LogP contribution in [0.5, 0.6) is 11.5 Å². The number of rotatable bonds is 7. The number of fused-ring (bicyclic) bond motifs is 2. The number of phenolic OH excluding ortho intramolecular Hbond substituents is 1. The van der Waals surface area contributed by atoms with Gasteiger partial charge in [0, 0.05) is 37.6 Å². The van der Waals surface area contributed by atoms with E-state index in [1.165, 1.54) is 42.7 Å². The van der Waals surface area contributed by atoms with Crippen LogP contribution in [0.2, 0.25) is 0 Å². The van der Waals surface area contributed by atoms with Gasteiger partial charge >= 0.3 is 0 Å². The lowest BCUT2D eigenvalue weighted by Crippen LogP contribution is -2.52. The second kappa shape index (κ2) is 15.4. The van der Waals surface area contributed by atoms with Crippen molar-refractivity contribution in [1.82, 2.24) is 30.5 Å². The summed E-state index contributed by atoms with van der Waals surface area (Å²) < 4.78 is 7.77. The minimum absolute atomic E-state index is 0.0463. The second-order valence-electron chi connectivity index (χ2n) is 11.6. The van der Waals surface area contributed by atoms with E-state index in [0.29, 0.717) is 24.3 Å². The lowest BCUT2D eigenvalue weighted by Gasteiger charge is -2.25. The van der Waals surface area contributed by atoms with Crippen LogP contribution < -0.4 is 37.2 Å². The zero-order valence-electron chi connectivity index (χ0n) is 27.1. The maximum Gasteiger partial charge on any atom is 0.261 e. The molecule has 0 saturated heterocycles. The van der Waals surface area contributed by atoms with E-state index in [1.54, 1.807) is 23.6 Å². The van der Waals surface area contributed by atoms with Crippen LogP contribution in [0.1, 0.15) is 51.7 Å². The Morgan fingerprint density at radius 2 is 1.90 bits per heavy atom. The molecule has 2 atom stereocenters. The molecule has 0 radical (unpaired) electrons. The molecular formula is C34H38N8O7. The summed E-state index contributed by atoms with van der Waals surface area (Å²) in [7, 11) is 0. The summed E-state index contributed by atoms with van der Waals surface area (Å²) in [5.74, 6) is -1.93. The van der Waals surface area contributed by atoms with Crippen LogP contribution in [0, 0.1) is 6.92 Å². The molecule has 5 rings (SSSR count). The predicted molar refractivity (Wildman–Crippen MR) is 180 cm³/mol. The van der Waals surface area contributed by atoms with Crippen molar-refractivity contribution < 1.29 is 29.0 Å². The molecule has 1 aliphatic rings. The number of aromatic nitrogens is 3. The zero-order valence-corrected chi connectivity index (χ0v) is 27.1. The zero-order chi connectivity index (χ0) is 35.1. The number of nitrogens with one attached hydrogen (secondary N) is 4. The summed E-state index contributed by atoms with van der Waals surface area (Å²) in [5, 5.41) is 20.7. The van der Waals surface area contributed by atoms with Crippen LogP contribution in [0.15, 0.2) is 59.7 Å². The van der Waals surface area contributed by atoms with Crippen molar-refractivity contribution in [3.8, 4) is 11.5 Å². The Hall–Kier alpha value is -5.83. The van der Waals surface area contributed by atoms with E-state index in [2.05, 4.69) is 31.2 Å². The van der Waals surface area contributed by atoms with Gasteiger partial charge in [0.15, 0.2) is 11.2 Å². The van der Waals surface area contributed by atoms with Crippen molar-refractivity contribution in [2.24, 2.45) is 5.73 Å². The fraction of sp³-hybridized carbons (Fsp3) is 0.324. The molecule has 256 valence electrons. The Kier molecular flexibility index (Phi) is 10.8. The van der Waals surface area contributed by atoms with Crippen molar-refractivity contribution in [3.63, 3.8) is 0 Å². The number of nitrogens with zero attached hydrogens (tertiary/aromatic N) is 3. The molecule has 4 aromatic rings. The van der Waals surface area contributed by atoms with Gasteiger partial charge < -0.3 is 41.4 Å². The van der Waals surface area contributed by atoms with Crippen LogP contribution in [-0.4, -0.2) is 75.1 Å². The molecule has 0 fully saturated rings. The smallest absolute Gasteiger partial charge is 0.261 e. The number of hydrogen-bond acceptors (Lipinski definition) is 10. The molecule has 4 amide bonds. The van der Waals surface area contributed by atoms with E-state index in [9.17, 15) is 29.1 Å².